The molecule has 2 heteroatoms. The summed E-state index contributed by atoms with van der Waals surface area (Å²) in [5.41, 5.74) is 3.16. The number of ether oxygens (including phenoxy) is 1. The van der Waals surface area contributed by atoms with Crippen LogP contribution in [-0.2, 0) is 4.79 Å². The highest BCUT2D eigenvalue weighted by atomic mass is 16.5. The Morgan fingerprint density at radius 2 is 1.62 bits per heavy atom. The van der Waals surface area contributed by atoms with Crippen LogP contribution in [0.1, 0.15) is 16.7 Å². The van der Waals surface area contributed by atoms with E-state index in [1.165, 1.54) is 5.56 Å². The second kappa shape index (κ2) is 7.25. The van der Waals surface area contributed by atoms with E-state index in [0.29, 0.717) is 0 Å². The Bertz CT molecular complexity index is 664. The standard InChI is InChI=1S/C19H18O2/c1-15-6-8-16(9-7-15)10-12-18(20)13-11-17-4-3-5-19(14-17)21-2/h3-14H,1-2H3/b12-10+,13-11+. The van der Waals surface area contributed by atoms with Crippen LogP contribution in [0.5, 0.6) is 5.75 Å². The highest BCUT2D eigenvalue weighted by Crippen LogP contribution is 2.13. The zero-order chi connectivity index (χ0) is 15.1. The Hall–Kier alpha value is -2.61. The number of carbonyl (C=O) groups is 1. The quantitative estimate of drug-likeness (QED) is 0.762. The van der Waals surface area contributed by atoms with Crippen molar-refractivity contribution in [2.45, 2.75) is 6.92 Å². The molecule has 2 aromatic rings. The molecule has 0 unspecified atom stereocenters. The summed E-state index contributed by atoms with van der Waals surface area (Å²) in [5, 5.41) is 0. The van der Waals surface area contributed by atoms with Crippen molar-refractivity contribution in [1.29, 1.82) is 0 Å². The fourth-order valence-corrected chi connectivity index (χ4v) is 1.84. The van der Waals surface area contributed by atoms with Crippen LogP contribution in [0.25, 0.3) is 12.2 Å². The van der Waals surface area contributed by atoms with Gasteiger partial charge in [-0.15, -0.1) is 0 Å². The molecule has 0 saturated carbocycles. The fraction of sp³-hybridized carbons (Fsp3) is 0.105. The third-order valence-corrected chi connectivity index (χ3v) is 3.05. The second-order valence-electron chi connectivity index (χ2n) is 4.76. The van der Waals surface area contributed by atoms with Gasteiger partial charge in [0.1, 0.15) is 5.75 Å². The Balaban J connectivity index is 2.00. The van der Waals surface area contributed by atoms with Gasteiger partial charge in [0.05, 0.1) is 7.11 Å². The lowest BCUT2D eigenvalue weighted by molar-refractivity contribution is -0.110. The summed E-state index contributed by atoms with van der Waals surface area (Å²) >= 11 is 0. The smallest absolute Gasteiger partial charge is 0.178 e. The van der Waals surface area contributed by atoms with E-state index in [1.807, 2.05) is 61.5 Å². The lowest BCUT2D eigenvalue weighted by Crippen LogP contribution is -1.86. The first-order chi connectivity index (χ1) is 10.2. The summed E-state index contributed by atoms with van der Waals surface area (Å²) in [7, 11) is 1.62. The van der Waals surface area contributed by atoms with Gasteiger partial charge >= 0.3 is 0 Å². The Morgan fingerprint density at radius 1 is 0.952 bits per heavy atom. The summed E-state index contributed by atoms with van der Waals surface area (Å²) in [5.74, 6) is 0.734. The second-order valence-corrected chi connectivity index (χ2v) is 4.76. The average molecular weight is 278 g/mol. The molecular weight excluding hydrogens is 260 g/mol. The minimum atomic E-state index is -0.0432. The number of carbonyl (C=O) groups excluding carboxylic acids is 1. The summed E-state index contributed by atoms with van der Waals surface area (Å²) in [6.07, 6.45) is 6.73. The minimum Gasteiger partial charge on any atom is -0.497 e. The first-order valence-electron chi connectivity index (χ1n) is 6.78. The van der Waals surface area contributed by atoms with Crippen LogP contribution in [0.2, 0.25) is 0 Å². The number of ketones is 1. The van der Waals surface area contributed by atoms with E-state index < -0.39 is 0 Å². The van der Waals surface area contributed by atoms with E-state index in [0.717, 1.165) is 16.9 Å². The Labute approximate surface area is 125 Å². The van der Waals surface area contributed by atoms with Gasteiger partial charge in [0.2, 0.25) is 0 Å². The molecule has 0 aliphatic carbocycles. The van der Waals surface area contributed by atoms with Gasteiger partial charge in [-0.2, -0.15) is 0 Å². The number of methoxy groups -OCH3 is 1. The minimum absolute atomic E-state index is 0.0432. The van der Waals surface area contributed by atoms with E-state index in [2.05, 4.69) is 0 Å². The number of aryl methyl sites for hydroxylation is 1. The molecule has 0 N–H and O–H groups in total. The zero-order valence-electron chi connectivity index (χ0n) is 12.2. The first kappa shape index (κ1) is 14.8. The molecule has 0 radical (unpaired) electrons. The fourth-order valence-electron chi connectivity index (χ4n) is 1.84. The van der Waals surface area contributed by atoms with Crippen LogP contribution in [0.15, 0.2) is 60.7 Å². The van der Waals surface area contributed by atoms with E-state index in [9.17, 15) is 4.79 Å². The van der Waals surface area contributed by atoms with Gasteiger partial charge in [-0.3, -0.25) is 4.79 Å². The molecule has 0 heterocycles. The maximum Gasteiger partial charge on any atom is 0.178 e. The van der Waals surface area contributed by atoms with Crippen molar-refractivity contribution in [2.24, 2.45) is 0 Å². The Kier molecular flexibility index (Phi) is 5.10. The predicted molar refractivity (Wildman–Crippen MR) is 87.2 cm³/mol. The molecule has 2 aromatic carbocycles. The van der Waals surface area contributed by atoms with Crippen molar-refractivity contribution in [1.82, 2.24) is 0 Å². The summed E-state index contributed by atoms with van der Waals surface area (Å²) in [6.45, 7) is 2.04. The molecule has 0 aromatic heterocycles. The van der Waals surface area contributed by atoms with Gasteiger partial charge in [0.25, 0.3) is 0 Å². The summed E-state index contributed by atoms with van der Waals surface area (Å²) in [6, 6.07) is 15.6. The Morgan fingerprint density at radius 3 is 2.29 bits per heavy atom. The van der Waals surface area contributed by atoms with Crippen LogP contribution in [-0.4, -0.2) is 12.9 Å². The number of hydrogen-bond acceptors (Lipinski definition) is 2. The number of rotatable bonds is 5. The lowest BCUT2D eigenvalue weighted by Gasteiger charge is -1.99. The molecule has 0 aliphatic heterocycles. The molecule has 2 rings (SSSR count). The van der Waals surface area contributed by atoms with Crippen molar-refractivity contribution >= 4 is 17.9 Å². The van der Waals surface area contributed by atoms with Crippen LogP contribution in [0.4, 0.5) is 0 Å². The lowest BCUT2D eigenvalue weighted by atomic mass is 10.1. The maximum absolute atomic E-state index is 11.8. The van der Waals surface area contributed by atoms with Crippen molar-refractivity contribution < 1.29 is 9.53 Å². The van der Waals surface area contributed by atoms with Gasteiger partial charge in [-0.1, -0.05) is 54.1 Å². The number of hydrogen-bond donors (Lipinski definition) is 0. The van der Waals surface area contributed by atoms with Crippen molar-refractivity contribution in [3.63, 3.8) is 0 Å². The molecule has 0 amide bonds. The molecule has 106 valence electrons. The number of benzene rings is 2. The zero-order valence-corrected chi connectivity index (χ0v) is 12.2. The van der Waals surface area contributed by atoms with Gasteiger partial charge in [-0.05, 0) is 42.3 Å². The molecule has 0 fully saturated rings. The normalized spacial score (nSPS) is 11.1. The highest BCUT2D eigenvalue weighted by molar-refractivity contribution is 6.04. The van der Waals surface area contributed by atoms with Crippen LogP contribution in [0, 0.1) is 6.92 Å². The highest BCUT2D eigenvalue weighted by Gasteiger charge is 1.94. The van der Waals surface area contributed by atoms with Crippen molar-refractivity contribution in [2.75, 3.05) is 7.11 Å². The SMILES string of the molecule is COc1cccc(/C=C/C(=O)/C=C/c2ccc(C)cc2)c1. The van der Waals surface area contributed by atoms with E-state index in [1.54, 1.807) is 25.3 Å². The molecule has 0 atom stereocenters. The molecule has 21 heavy (non-hydrogen) atoms. The largest absolute Gasteiger partial charge is 0.497 e. The average Bonchev–Trinajstić information content (AvgIpc) is 2.52. The summed E-state index contributed by atoms with van der Waals surface area (Å²) < 4.78 is 5.14. The van der Waals surface area contributed by atoms with Gasteiger partial charge in [0.15, 0.2) is 5.78 Å². The molecule has 0 aliphatic rings. The van der Waals surface area contributed by atoms with Crippen LogP contribution >= 0.6 is 0 Å². The van der Waals surface area contributed by atoms with Gasteiger partial charge < -0.3 is 4.74 Å². The van der Waals surface area contributed by atoms with Crippen molar-refractivity contribution in [3.8, 4) is 5.75 Å². The molecular formula is C19H18O2. The third kappa shape index (κ3) is 4.77. The van der Waals surface area contributed by atoms with Gasteiger partial charge in [-0.25, -0.2) is 0 Å². The van der Waals surface area contributed by atoms with Gasteiger partial charge in [0, 0.05) is 0 Å². The van der Waals surface area contributed by atoms with Crippen LogP contribution in [0.3, 0.4) is 0 Å². The topological polar surface area (TPSA) is 26.3 Å². The molecule has 0 spiro atoms. The predicted octanol–water partition coefficient (Wildman–Crippen LogP) is 4.30. The molecule has 0 saturated heterocycles. The van der Waals surface area contributed by atoms with E-state index >= 15 is 0 Å². The third-order valence-electron chi connectivity index (χ3n) is 3.05. The summed E-state index contributed by atoms with van der Waals surface area (Å²) in [4.78, 5) is 11.8. The van der Waals surface area contributed by atoms with Crippen molar-refractivity contribution in [3.05, 3.63) is 77.4 Å². The maximum atomic E-state index is 11.8. The number of allylic oxidation sites excluding steroid dienone is 2. The first-order valence-corrected chi connectivity index (χ1v) is 6.78. The van der Waals surface area contributed by atoms with Crippen LogP contribution < -0.4 is 4.74 Å². The van der Waals surface area contributed by atoms with E-state index in [-0.39, 0.29) is 5.78 Å². The molecule has 2 nitrogen and oxygen atoms in total. The monoisotopic (exact) mass is 278 g/mol. The van der Waals surface area contributed by atoms with E-state index in [4.69, 9.17) is 4.74 Å². The molecule has 0 bridgehead atoms.